The van der Waals surface area contributed by atoms with Crippen molar-refractivity contribution in [1.29, 1.82) is 5.26 Å². The van der Waals surface area contributed by atoms with E-state index in [2.05, 4.69) is 58.9 Å². The van der Waals surface area contributed by atoms with Gasteiger partial charge in [0.1, 0.15) is 6.61 Å². The maximum atomic E-state index is 8.52. The molecule has 0 bridgehead atoms. The van der Waals surface area contributed by atoms with Gasteiger partial charge in [-0.05, 0) is 65.3 Å². The van der Waals surface area contributed by atoms with Gasteiger partial charge in [0.25, 0.3) is 6.26 Å². The van der Waals surface area contributed by atoms with Crippen LogP contribution < -0.4 is 0 Å². The van der Waals surface area contributed by atoms with Gasteiger partial charge >= 0.3 is 8.80 Å². The lowest BCUT2D eigenvalue weighted by atomic mass is 10.5. The topological polar surface area (TPSA) is 60.7 Å². The van der Waals surface area contributed by atoms with E-state index in [1.54, 1.807) is 6.26 Å². The molecule has 0 aromatic carbocycles. The predicted molar refractivity (Wildman–Crippen MR) is 100 cm³/mol. The molecule has 0 atom stereocenters. The Bertz CT molecular complexity index is 339. The molecule has 0 saturated carbocycles. The highest BCUT2D eigenvalue weighted by Gasteiger charge is 2.49. The van der Waals surface area contributed by atoms with Crippen molar-refractivity contribution >= 4 is 33.8 Å². The summed E-state index contributed by atoms with van der Waals surface area (Å²) in [5, 5.41) is 8.52. The summed E-state index contributed by atoms with van der Waals surface area (Å²) in [5.41, 5.74) is 0. The molecule has 0 amide bonds. The summed E-state index contributed by atoms with van der Waals surface area (Å²) in [6, 6.07) is 0.716. The first-order valence-corrected chi connectivity index (χ1v) is 20.0. The summed E-state index contributed by atoms with van der Waals surface area (Å²) in [6.45, 7) is 19.9. The molecular formula is C13H33NO4Si4. The van der Waals surface area contributed by atoms with E-state index < -0.39 is 33.8 Å². The molecule has 0 unspecified atom stereocenters. The molecule has 0 aromatic rings. The number of hydrogen-bond donors (Lipinski definition) is 0. The van der Waals surface area contributed by atoms with Gasteiger partial charge in [-0.1, -0.05) is 0 Å². The highest BCUT2D eigenvalue weighted by molar-refractivity contribution is 6.90. The summed E-state index contributed by atoms with van der Waals surface area (Å²) in [7, 11) is -8.19. The molecule has 9 heteroatoms. The first-order chi connectivity index (χ1) is 9.68. The molecule has 0 heterocycles. The molecule has 0 aliphatic heterocycles. The van der Waals surface area contributed by atoms with Crippen molar-refractivity contribution in [2.75, 3.05) is 6.61 Å². The Hall–Kier alpha value is 0.0375. The van der Waals surface area contributed by atoms with Crippen LogP contribution in [-0.4, -0.2) is 40.4 Å². The third-order valence-electron chi connectivity index (χ3n) is 2.18. The molecule has 130 valence electrons. The Kier molecular flexibility index (Phi) is 8.24. The monoisotopic (exact) mass is 379 g/mol. The van der Waals surface area contributed by atoms with Crippen LogP contribution in [0.2, 0.25) is 65.0 Å². The van der Waals surface area contributed by atoms with Gasteiger partial charge in [0.05, 0.1) is 0 Å². The second kappa shape index (κ2) is 8.23. The van der Waals surface area contributed by atoms with Crippen LogP contribution in [0.1, 0.15) is 6.42 Å². The maximum Gasteiger partial charge on any atom is 0.469 e. The Morgan fingerprint density at radius 3 is 1.36 bits per heavy atom. The largest absolute Gasteiger partial charge is 0.469 e. The minimum absolute atomic E-state index is 0.393. The molecule has 0 saturated heterocycles. The van der Waals surface area contributed by atoms with Gasteiger partial charge in [-0.3, -0.25) is 0 Å². The normalized spacial score (nSPS) is 13.8. The molecule has 0 spiro atoms. The quantitative estimate of drug-likeness (QED) is 0.320. The third kappa shape index (κ3) is 11.6. The van der Waals surface area contributed by atoms with E-state index in [1.807, 2.05) is 0 Å². The highest BCUT2D eigenvalue weighted by atomic mass is 28.5. The van der Waals surface area contributed by atoms with Crippen LogP contribution in [-0.2, 0) is 17.1 Å². The van der Waals surface area contributed by atoms with Crippen LogP contribution >= 0.6 is 0 Å². The molecule has 22 heavy (non-hydrogen) atoms. The Balaban J connectivity index is 5.35. The zero-order chi connectivity index (χ0) is 17.7. The fraction of sp³-hybridized carbons (Fsp3) is 0.923. The maximum absolute atomic E-state index is 8.52. The average molecular weight is 380 g/mol. The molecule has 0 aliphatic carbocycles. The smallest absolute Gasteiger partial charge is 0.428 e. The second-order valence-corrected chi connectivity index (χ2v) is 25.4. The van der Waals surface area contributed by atoms with Crippen molar-refractivity contribution in [1.82, 2.24) is 0 Å². The molecule has 0 fully saturated rings. The van der Waals surface area contributed by atoms with E-state index >= 15 is 0 Å². The standard InChI is InChI=1S/C13H33NO4Si4/c1-19(2,3)16-22(17-20(4,5)6,18-21(7,8)9)12-10-11-15-13-14/h10-12H2,1-9H3. The highest BCUT2D eigenvalue weighted by Crippen LogP contribution is 2.29. The summed E-state index contributed by atoms with van der Waals surface area (Å²) < 4.78 is 24.4. The van der Waals surface area contributed by atoms with Crippen LogP contribution in [0.5, 0.6) is 0 Å². The Morgan fingerprint density at radius 1 is 0.727 bits per heavy atom. The van der Waals surface area contributed by atoms with Gasteiger partial charge in [-0.25, -0.2) is 0 Å². The summed E-state index contributed by atoms with van der Waals surface area (Å²) in [6.07, 6.45) is 2.44. The van der Waals surface area contributed by atoms with E-state index in [0.29, 0.717) is 12.7 Å². The zero-order valence-electron chi connectivity index (χ0n) is 15.7. The van der Waals surface area contributed by atoms with Crippen molar-refractivity contribution in [3.8, 4) is 6.26 Å². The van der Waals surface area contributed by atoms with Crippen molar-refractivity contribution in [2.24, 2.45) is 0 Å². The lowest BCUT2D eigenvalue weighted by Crippen LogP contribution is -2.60. The van der Waals surface area contributed by atoms with Gasteiger partial charge in [0.2, 0.25) is 0 Å². The van der Waals surface area contributed by atoms with Crippen molar-refractivity contribution in [3.05, 3.63) is 0 Å². The minimum Gasteiger partial charge on any atom is -0.428 e. The van der Waals surface area contributed by atoms with E-state index in [-0.39, 0.29) is 0 Å². The summed E-state index contributed by atoms with van der Waals surface area (Å²) in [5.74, 6) is 0. The van der Waals surface area contributed by atoms with Gasteiger partial charge < -0.3 is 17.1 Å². The fourth-order valence-corrected chi connectivity index (χ4v) is 16.6. The number of hydrogen-bond acceptors (Lipinski definition) is 5. The molecular weight excluding hydrogens is 346 g/mol. The van der Waals surface area contributed by atoms with E-state index in [9.17, 15) is 0 Å². The van der Waals surface area contributed by atoms with Gasteiger partial charge in [0, 0.05) is 6.04 Å². The van der Waals surface area contributed by atoms with Crippen LogP contribution in [0, 0.1) is 11.5 Å². The van der Waals surface area contributed by atoms with Gasteiger partial charge in [-0.15, -0.1) is 0 Å². The number of nitriles is 1. The molecule has 0 N–H and O–H groups in total. The zero-order valence-corrected chi connectivity index (χ0v) is 19.7. The summed E-state index contributed by atoms with van der Waals surface area (Å²) in [4.78, 5) is 0. The molecule has 0 rings (SSSR count). The molecule has 0 aromatic heterocycles. The molecule has 5 nitrogen and oxygen atoms in total. The first-order valence-electron chi connectivity index (χ1n) is 7.79. The third-order valence-corrected chi connectivity index (χ3v) is 14.2. The van der Waals surface area contributed by atoms with Crippen molar-refractivity contribution < 1.29 is 17.1 Å². The van der Waals surface area contributed by atoms with Crippen LogP contribution in [0.3, 0.4) is 0 Å². The van der Waals surface area contributed by atoms with Crippen LogP contribution in [0.25, 0.3) is 0 Å². The number of nitrogens with zero attached hydrogens (tertiary/aromatic N) is 1. The molecule has 0 aliphatic rings. The predicted octanol–water partition coefficient (Wildman–Crippen LogP) is 4.37. The Morgan fingerprint density at radius 2 is 1.09 bits per heavy atom. The fourth-order valence-electron chi connectivity index (χ4n) is 2.02. The van der Waals surface area contributed by atoms with Crippen molar-refractivity contribution in [3.63, 3.8) is 0 Å². The summed E-state index contributed by atoms with van der Waals surface area (Å²) >= 11 is 0. The van der Waals surface area contributed by atoms with E-state index in [1.165, 1.54) is 0 Å². The lowest BCUT2D eigenvalue weighted by molar-refractivity contribution is 0.231. The number of ether oxygens (including phenoxy) is 1. The Labute approximate surface area is 140 Å². The lowest BCUT2D eigenvalue weighted by Gasteiger charge is -2.42. The average Bonchev–Trinajstić information content (AvgIpc) is 2.16. The van der Waals surface area contributed by atoms with Crippen molar-refractivity contribution in [2.45, 2.75) is 71.4 Å². The van der Waals surface area contributed by atoms with Gasteiger partial charge in [0.15, 0.2) is 25.0 Å². The first kappa shape index (κ1) is 22.0. The van der Waals surface area contributed by atoms with E-state index in [0.717, 1.165) is 6.42 Å². The SMILES string of the molecule is C[Si](C)(C)O[Si](CCCOC#N)(O[Si](C)(C)C)O[Si](C)(C)C. The molecule has 0 radical (unpaired) electrons. The number of rotatable bonds is 10. The van der Waals surface area contributed by atoms with Crippen LogP contribution in [0.4, 0.5) is 0 Å². The van der Waals surface area contributed by atoms with Gasteiger partial charge in [-0.2, -0.15) is 5.26 Å². The minimum atomic E-state index is -2.76. The second-order valence-electron chi connectivity index (χ2n) is 8.37. The van der Waals surface area contributed by atoms with E-state index in [4.69, 9.17) is 22.3 Å². The van der Waals surface area contributed by atoms with Crippen LogP contribution in [0.15, 0.2) is 0 Å².